The summed E-state index contributed by atoms with van der Waals surface area (Å²) in [6.07, 6.45) is 16.0. The highest BCUT2D eigenvalue weighted by atomic mass is 16.3. The predicted molar refractivity (Wildman–Crippen MR) is 177 cm³/mol. The molecule has 0 aliphatic carbocycles. The van der Waals surface area contributed by atoms with Gasteiger partial charge in [0.05, 0.1) is 18.0 Å². The van der Waals surface area contributed by atoms with E-state index in [1.807, 2.05) is 63.3 Å². The zero-order valence-corrected chi connectivity index (χ0v) is 25.1. The Labute approximate surface area is 250 Å². The number of aromatic nitrogens is 2. The van der Waals surface area contributed by atoms with Gasteiger partial charge in [0.15, 0.2) is 0 Å². The smallest absolute Gasteiger partial charge is 0.115 e. The Bertz CT molecular complexity index is 1440. The van der Waals surface area contributed by atoms with Crippen molar-refractivity contribution in [3.05, 3.63) is 144 Å². The van der Waals surface area contributed by atoms with Crippen LogP contribution in [-0.2, 0) is 13.0 Å². The summed E-state index contributed by atoms with van der Waals surface area (Å²) < 4.78 is 0. The van der Waals surface area contributed by atoms with E-state index in [0.717, 1.165) is 41.0 Å². The molecule has 3 rings (SSSR count). The summed E-state index contributed by atoms with van der Waals surface area (Å²) >= 11 is 0. The number of aromatic amines is 1. The van der Waals surface area contributed by atoms with Crippen molar-refractivity contribution in [2.24, 2.45) is 10.9 Å². The van der Waals surface area contributed by atoms with E-state index in [2.05, 4.69) is 65.9 Å². The van der Waals surface area contributed by atoms with E-state index in [1.54, 1.807) is 24.5 Å². The molecule has 0 aliphatic heterocycles. The molecular weight excluding hydrogens is 518 g/mol. The normalized spacial score (nSPS) is 14.7. The molecule has 4 N–H and O–H groups in total. The molecule has 3 atom stereocenters. The first-order valence-corrected chi connectivity index (χ1v) is 14.3. The quantitative estimate of drug-likeness (QED) is 0.0878. The molecule has 3 aromatic rings. The van der Waals surface area contributed by atoms with E-state index in [1.165, 1.54) is 11.1 Å². The second-order valence-electron chi connectivity index (χ2n) is 10.5. The highest BCUT2D eigenvalue weighted by Gasteiger charge is 2.18. The second-order valence-corrected chi connectivity index (χ2v) is 10.5. The van der Waals surface area contributed by atoms with Gasteiger partial charge in [-0.2, -0.15) is 5.10 Å². The van der Waals surface area contributed by atoms with Crippen LogP contribution in [-0.4, -0.2) is 38.8 Å². The summed E-state index contributed by atoms with van der Waals surface area (Å²) in [5, 5.41) is 28.7. The molecule has 6 nitrogen and oxygen atoms in total. The molecule has 0 radical (unpaired) electrons. The number of nitrogens with zero attached hydrogens (tertiary/aromatic N) is 2. The summed E-state index contributed by atoms with van der Waals surface area (Å²) in [5.74, 6) is 0.0816. The highest BCUT2D eigenvalue weighted by Crippen LogP contribution is 2.23. The lowest BCUT2D eigenvalue weighted by atomic mass is 9.90. The first-order valence-electron chi connectivity index (χ1n) is 14.3. The number of rotatable bonds is 15. The van der Waals surface area contributed by atoms with Crippen LogP contribution in [0.4, 0.5) is 0 Å². The van der Waals surface area contributed by atoms with Crippen LogP contribution in [0.2, 0.25) is 0 Å². The lowest BCUT2D eigenvalue weighted by Gasteiger charge is -2.18. The highest BCUT2D eigenvalue weighted by molar-refractivity contribution is 6.16. The fourth-order valence-electron chi connectivity index (χ4n) is 4.39. The number of H-pyrrole nitrogens is 1. The number of aromatic hydroxyl groups is 1. The maximum Gasteiger partial charge on any atom is 0.115 e. The number of hydrogen-bond donors (Lipinski definition) is 4. The number of allylic oxidation sites excluding steroid dienone is 7. The molecule has 0 aliphatic rings. The molecule has 2 aromatic carbocycles. The van der Waals surface area contributed by atoms with Crippen LogP contribution in [0.3, 0.4) is 0 Å². The van der Waals surface area contributed by atoms with Gasteiger partial charge < -0.3 is 15.8 Å². The lowest BCUT2D eigenvalue weighted by molar-refractivity contribution is 0.474. The van der Waals surface area contributed by atoms with Crippen LogP contribution >= 0.6 is 0 Å². The van der Waals surface area contributed by atoms with E-state index in [4.69, 9.17) is 10.4 Å². The monoisotopic (exact) mass is 561 g/mol. The standard InChI is InChI=1S/C36H43N5O/c1-7-9-10-11-25(3)34(20-26(4)35(37)32-23-39-40-24-32)36(41-27(5)8-2)31-16-12-30(13-17-31)22-38-28(6)21-29-14-18-33(42)19-15-29/h7-20,23-24,26-28,37-38,42H,2-3,21-22H2,1,4-6H3,(H,39,40)/b9-7-,11-10-,34-20-,37-35?,41-36?. The largest absolute Gasteiger partial charge is 0.508 e. The Morgan fingerprint density at radius 3 is 2.36 bits per heavy atom. The van der Waals surface area contributed by atoms with Crippen LogP contribution in [0.1, 0.15) is 49.9 Å². The van der Waals surface area contributed by atoms with E-state index < -0.39 is 0 Å². The Morgan fingerprint density at radius 1 is 1.05 bits per heavy atom. The number of hydrogen-bond acceptors (Lipinski definition) is 5. The summed E-state index contributed by atoms with van der Waals surface area (Å²) in [4.78, 5) is 5.04. The van der Waals surface area contributed by atoms with Crippen molar-refractivity contribution in [3.63, 3.8) is 0 Å². The van der Waals surface area contributed by atoms with Crippen LogP contribution in [0.5, 0.6) is 5.75 Å². The van der Waals surface area contributed by atoms with E-state index >= 15 is 0 Å². The molecule has 0 bridgehead atoms. The molecular formula is C36H43N5O. The van der Waals surface area contributed by atoms with Gasteiger partial charge in [0, 0.05) is 47.1 Å². The molecule has 1 aromatic heterocycles. The van der Waals surface area contributed by atoms with E-state index in [9.17, 15) is 5.11 Å². The number of phenols is 1. The molecule has 218 valence electrons. The van der Waals surface area contributed by atoms with Gasteiger partial charge in [-0.3, -0.25) is 10.1 Å². The average Bonchev–Trinajstić information content (AvgIpc) is 3.54. The molecule has 42 heavy (non-hydrogen) atoms. The first kappa shape index (κ1) is 32.0. The Kier molecular flexibility index (Phi) is 12.2. The third-order valence-electron chi connectivity index (χ3n) is 6.92. The number of benzene rings is 2. The van der Waals surface area contributed by atoms with Gasteiger partial charge in [-0.05, 0) is 56.0 Å². The van der Waals surface area contributed by atoms with Gasteiger partial charge in [0.25, 0.3) is 0 Å². The molecule has 0 saturated carbocycles. The third kappa shape index (κ3) is 9.53. The molecule has 6 heteroatoms. The van der Waals surface area contributed by atoms with E-state index in [0.29, 0.717) is 5.71 Å². The fourth-order valence-corrected chi connectivity index (χ4v) is 4.39. The minimum atomic E-state index is -0.202. The Morgan fingerprint density at radius 2 is 1.74 bits per heavy atom. The van der Waals surface area contributed by atoms with Gasteiger partial charge >= 0.3 is 0 Å². The summed E-state index contributed by atoms with van der Waals surface area (Å²) in [5.41, 5.74) is 7.02. The van der Waals surface area contributed by atoms with Crippen LogP contribution in [0.15, 0.2) is 127 Å². The van der Waals surface area contributed by atoms with Crippen LogP contribution < -0.4 is 5.32 Å². The first-order chi connectivity index (χ1) is 20.2. The van der Waals surface area contributed by atoms with Crippen LogP contribution in [0, 0.1) is 11.3 Å². The van der Waals surface area contributed by atoms with Gasteiger partial charge in [-0.15, -0.1) is 6.58 Å². The molecule has 0 spiro atoms. The number of aliphatic imine (C=N–C) groups is 1. The Balaban J connectivity index is 1.88. The predicted octanol–water partition coefficient (Wildman–Crippen LogP) is 7.52. The fraction of sp³-hybridized carbons (Fsp3) is 0.250. The Hall–Kier alpha value is -4.55. The number of phenolic OH excluding ortho intramolecular Hbond substituents is 1. The SMILES string of the molecule is C=CC(C)N=C(/C(=C\C(C)C(=N)c1cn[nH]c1)C(=C)/C=C\C=C/C)c1ccc(CNC(C)Cc2ccc(O)cc2)cc1. The lowest BCUT2D eigenvalue weighted by Crippen LogP contribution is -2.27. The average molecular weight is 562 g/mol. The molecule has 0 saturated heterocycles. The van der Waals surface area contributed by atoms with Gasteiger partial charge in [-0.1, -0.05) is 86.4 Å². The second kappa shape index (κ2) is 16.0. The van der Waals surface area contributed by atoms with Crippen LogP contribution in [0.25, 0.3) is 0 Å². The molecule has 1 heterocycles. The zero-order chi connectivity index (χ0) is 30.5. The maximum absolute atomic E-state index is 9.53. The maximum atomic E-state index is 9.53. The van der Waals surface area contributed by atoms with Gasteiger partial charge in [0.2, 0.25) is 0 Å². The van der Waals surface area contributed by atoms with Crippen molar-refractivity contribution >= 4 is 11.4 Å². The summed E-state index contributed by atoms with van der Waals surface area (Å²) in [6, 6.07) is 16.0. The summed E-state index contributed by atoms with van der Waals surface area (Å²) in [6.45, 7) is 17.2. The van der Waals surface area contributed by atoms with Crippen molar-refractivity contribution in [3.8, 4) is 5.75 Å². The molecule has 3 unspecified atom stereocenters. The zero-order valence-electron chi connectivity index (χ0n) is 25.1. The van der Waals surface area contributed by atoms with Crippen molar-refractivity contribution in [2.75, 3.05) is 0 Å². The molecule has 0 amide bonds. The summed E-state index contributed by atoms with van der Waals surface area (Å²) in [7, 11) is 0. The third-order valence-corrected chi connectivity index (χ3v) is 6.92. The minimum Gasteiger partial charge on any atom is -0.508 e. The molecule has 0 fully saturated rings. The minimum absolute atomic E-state index is 0.110. The van der Waals surface area contributed by atoms with Crippen molar-refractivity contribution < 1.29 is 5.11 Å². The van der Waals surface area contributed by atoms with Gasteiger partial charge in [0.1, 0.15) is 5.75 Å². The van der Waals surface area contributed by atoms with Crippen molar-refractivity contribution in [2.45, 2.75) is 52.7 Å². The topological polar surface area (TPSA) is 97.2 Å². The number of nitrogens with one attached hydrogen (secondary N) is 3. The van der Waals surface area contributed by atoms with Crippen molar-refractivity contribution in [1.82, 2.24) is 15.5 Å². The van der Waals surface area contributed by atoms with E-state index in [-0.39, 0.29) is 23.8 Å². The van der Waals surface area contributed by atoms with Crippen molar-refractivity contribution in [1.29, 1.82) is 5.41 Å². The van der Waals surface area contributed by atoms with Gasteiger partial charge in [-0.25, -0.2) is 0 Å².